The van der Waals surface area contributed by atoms with Gasteiger partial charge in [-0.25, -0.2) is 0 Å². The molecule has 0 atom stereocenters. The summed E-state index contributed by atoms with van der Waals surface area (Å²) < 4.78 is 10.7. The van der Waals surface area contributed by atoms with Gasteiger partial charge in [-0.2, -0.15) is 0 Å². The zero-order valence-electron chi connectivity index (χ0n) is 12.7. The molecule has 7 heteroatoms. The van der Waals surface area contributed by atoms with Gasteiger partial charge >= 0.3 is 11.8 Å². The summed E-state index contributed by atoms with van der Waals surface area (Å²) in [6, 6.07) is 6.50. The van der Waals surface area contributed by atoms with Gasteiger partial charge in [0.25, 0.3) is 0 Å². The van der Waals surface area contributed by atoms with E-state index in [0.29, 0.717) is 30.3 Å². The van der Waals surface area contributed by atoms with Gasteiger partial charge in [-0.05, 0) is 38.1 Å². The quantitative estimate of drug-likeness (QED) is 0.566. The van der Waals surface area contributed by atoms with E-state index in [1.54, 1.807) is 24.3 Å². The van der Waals surface area contributed by atoms with Crippen molar-refractivity contribution < 1.29 is 19.1 Å². The fourth-order valence-electron chi connectivity index (χ4n) is 1.69. The number of nitrogens with one attached hydrogen (secondary N) is 2. The molecule has 1 rings (SSSR count). The van der Waals surface area contributed by atoms with E-state index in [1.807, 2.05) is 13.8 Å². The Bertz CT molecular complexity index is 473. The molecule has 0 saturated heterocycles. The van der Waals surface area contributed by atoms with Crippen LogP contribution in [0.3, 0.4) is 0 Å². The summed E-state index contributed by atoms with van der Waals surface area (Å²) >= 11 is 5.74. The summed E-state index contributed by atoms with van der Waals surface area (Å²) in [5, 5.41) is 5.57. The standard InChI is InChI=1S/C15H21ClN2O4/c1-3-21-13(22-4-2)9-10-17-14(19)15(20)18-12-7-5-11(16)6-8-12/h5-8,13H,3-4,9-10H2,1-2H3,(H,17,19)(H,18,20). The molecule has 122 valence electrons. The zero-order chi connectivity index (χ0) is 16.4. The summed E-state index contributed by atoms with van der Waals surface area (Å²) in [6.07, 6.45) is 0.0939. The van der Waals surface area contributed by atoms with Crippen molar-refractivity contribution in [2.75, 3.05) is 25.1 Å². The first-order valence-electron chi connectivity index (χ1n) is 7.14. The van der Waals surface area contributed by atoms with Crippen LogP contribution in [0.5, 0.6) is 0 Å². The Labute approximate surface area is 135 Å². The third kappa shape index (κ3) is 6.89. The minimum Gasteiger partial charge on any atom is -0.353 e. The van der Waals surface area contributed by atoms with Gasteiger partial charge in [-0.1, -0.05) is 11.6 Å². The van der Waals surface area contributed by atoms with Crippen LogP contribution in [0.25, 0.3) is 0 Å². The predicted molar refractivity (Wildman–Crippen MR) is 84.7 cm³/mol. The Kier molecular flexibility index (Phi) is 8.50. The molecule has 0 aliphatic rings. The molecule has 0 unspecified atom stereocenters. The van der Waals surface area contributed by atoms with Crippen molar-refractivity contribution in [2.45, 2.75) is 26.6 Å². The molecule has 2 amide bonds. The SMILES string of the molecule is CCOC(CCNC(=O)C(=O)Nc1ccc(Cl)cc1)OCC. The molecular formula is C15H21ClN2O4. The third-order valence-electron chi connectivity index (χ3n) is 2.68. The Morgan fingerprint density at radius 3 is 2.23 bits per heavy atom. The zero-order valence-corrected chi connectivity index (χ0v) is 13.5. The highest BCUT2D eigenvalue weighted by Gasteiger charge is 2.14. The minimum absolute atomic E-state index is 0.289. The average molecular weight is 329 g/mol. The maximum absolute atomic E-state index is 11.7. The van der Waals surface area contributed by atoms with E-state index in [4.69, 9.17) is 21.1 Å². The minimum atomic E-state index is -0.730. The average Bonchev–Trinajstić information content (AvgIpc) is 2.49. The maximum Gasteiger partial charge on any atom is 0.313 e. The van der Waals surface area contributed by atoms with E-state index in [1.165, 1.54) is 0 Å². The first kappa shape index (κ1) is 18.4. The number of carbonyl (C=O) groups is 2. The Hall–Kier alpha value is -1.63. The Balaban J connectivity index is 2.34. The lowest BCUT2D eigenvalue weighted by atomic mass is 10.3. The Morgan fingerprint density at radius 1 is 1.09 bits per heavy atom. The van der Waals surface area contributed by atoms with Crippen LogP contribution in [0.15, 0.2) is 24.3 Å². The van der Waals surface area contributed by atoms with E-state index in [-0.39, 0.29) is 12.8 Å². The highest BCUT2D eigenvalue weighted by molar-refractivity contribution is 6.39. The van der Waals surface area contributed by atoms with Gasteiger partial charge in [-0.3, -0.25) is 9.59 Å². The van der Waals surface area contributed by atoms with Crippen molar-refractivity contribution in [3.8, 4) is 0 Å². The molecule has 0 aliphatic carbocycles. The van der Waals surface area contributed by atoms with Crippen LogP contribution in [0.4, 0.5) is 5.69 Å². The number of anilines is 1. The number of carbonyl (C=O) groups excluding carboxylic acids is 2. The molecular weight excluding hydrogens is 308 g/mol. The second-order valence-corrected chi connectivity index (χ2v) is 4.78. The van der Waals surface area contributed by atoms with Gasteiger partial charge in [-0.15, -0.1) is 0 Å². The van der Waals surface area contributed by atoms with Crippen LogP contribution in [0.2, 0.25) is 5.02 Å². The van der Waals surface area contributed by atoms with E-state index in [2.05, 4.69) is 10.6 Å². The molecule has 0 heterocycles. The molecule has 0 saturated carbocycles. The molecule has 0 spiro atoms. The monoisotopic (exact) mass is 328 g/mol. The number of rotatable bonds is 8. The summed E-state index contributed by atoms with van der Waals surface area (Å²) in [7, 11) is 0. The predicted octanol–water partition coefficient (Wildman–Crippen LogP) is 2.18. The fourth-order valence-corrected chi connectivity index (χ4v) is 1.82. The van der Waals surface area contributed by atoms with Gasteiger partial charge in [0.2, 0.25) is 0 Å². The van der Waals surface area contributed by atoms with E-state index >= 15 is 0 Å². The lowest BCUT2D eigenvalue weighted by molar-refractivity contribution is -0.142. The van der Waals surface area contributed by atoms with Crippen molar-refractivity contribution in [2.24, 2.45) is 0 Å². The normalized spacial score (nSPS) is 10.5. The molecule has 0 bridgehead atoms. The molecule has 0 fully saturated rings. The summed E-state index contributed by atoms with van der Waals surface area (Å²) in [4.78, 5) is 23.4. The summed E-state index contributed by atoms with van der Waals surface area (Å²) in [5.74, 6) is -1.44. The number of benzene rings is 1. The van der Waals surface area contributed by atoms with Crippen molar-refractivity contribution in [3.05, 3.63) is 29.3 Å². The second-order valence-electron chi connectivity index (χ2n) is 4.35. The molecule has 6 nitrogen and oxygen atoms in total. The lowest BCUT2D eigenvalue weighted by Gasteiger charge is -2.16. The van der Waals surface area contributed by atoms with Crippen molar-refractivity contribution in [3.63, 3.8) is 0 Å². The Morgan fingerprint density at radius 2 is 1.68 bits per heavy atom. The van der Waals surface area contributed by atoms with E-state index < -0.39 is 11.8 Å². The molecule has 0 radical (unpaired) electrons. The van der Waals surface area contributed by atoms with E-state index in [9.17, 15) is 9.59 Å². The number of hydrogen-bond acceptors (Lipinski definition) is 4. The van der Waals surface area contributed by atoms with Gasteiger partial charge in [0.15, 0.2) is 6.29 Å². The smallest absolute Gasteiger partial charge is 0.313 e. The number of ether oxygens (including phenoxy) is 2. The number of amides is 2. The topological polar surface area (TPSA) is 76.7 Å². The summed E-state index contributed by atoms with van der Waals surface area (Å²) in [6.45, 7) is 5.07. The molecule has 1 aromatic carbocycles. The van der Waals surface area contributed by atoms with Crippen molar-refractivity contribution >= 4 is 29.1 Å². The molecule has 22 heavy (non-hydrogen) atoms. The van der Waals surface area contributed by atoms with Gasteiger partial charge in [0.1, 0.15) is 0 Å². The first-order valence-corrected chi connectivity index (χ1v) is 7.52. The maximum atomic E-state index is 11.7. The number of hydrogen-bond donors (Lipinski definition) is 2. The van der Waals surface area contributed by atoms with Gasteiger partial charge in [0, 0.05) is 36.9 Å². The van der Waals surface area contributed by atoms with Crippen LogP contribution >= 0.6 is 11.6 Å². The molecule has 1 aromatic rings. The lowest BCUT2D eigenvalue weighted by Crippen LogP contribution is -2.37. The number of halogens is 1. The van der Waals surface area contributed by atoms with Crippen LogP contribution in [0, 0.1) is 0 Å². The molecule has 0 aromatic heterocycles. The first-order chi connectivity index (χ1) is 10.6. The molecule has 2 N–H and O–H groups in total. The van der Waals surface area contributed by atoms with Crippen LogP contribution in [-0.2, 0) is 19.1 Å². The fraction of sp³-hybridized carbons (Fsp3) is 0.467. The van der Waals surface area contributed by atoms with Gasteiger partial charge < -0.3 is 20.1 Å². The van der Waals surface area contributed by atoms with E-state index in [0.717, 1.165) is 0 Å². The largest absolute Gasteiger partial charge is 0.353 e. The van der Waals surface area contributed by atoms with Crippen LogP contribution in [-0.4, -0.2) is 37.9 Å². The van der Waals surface area contributed by atoms with Crippen LogP contribution < -0.4 is 10.6 Å². The second kappa shape index (κ2) is 10.2. The summed E-state index contributed by atoms with van der Waals surface area (Å²) in [5.41, 5.74) is 0.506. The van der Waals surface area contributed by atoms with Crippen LogP contribution in [0.1, 0.15) is 20.3 Å². The highest BCUT2D eigenvalue weighted by Crippen LogP contribution is 2.13. The molecule has 0 aliphatic heterocycles. The highest BCUT2D eigenvalue weighted by atomic mass is 35.5. The van der Waals surface area contributed by atoms with Gasteiger partial charge in [0.05, 0.1) is 0 Å². The third-order valence-corrected chi connectivity index (χ3v) is 2.93. The van der Waals surface area contributed by atoms with Crippen molar-refractivity contribution in [1.29, 1.82) is 0 Å². The van der Waals surface area contributed by atoms with Crippen molar-refractivity contribution in [1.82, 2.24) is 5.32 Å².